The van der Waals surface area contributed by atoms with E-state index >= 15 is 0 Å². The number of aromatic nitrogens is 4. The summed E-state index contributed by atoms with van der Waals surface area (Å²) < 4.78 is 2.06. The second-order valence-electron chi connectivity index (χ2n) is 7.48. The van der Waals surface area contributed by atoms with Crippen molar-refractivity contribution in [1.29, 1.82) is 0 Å². The summed E-state index contributed by atoms with van der Waals surface area (Å²) >= 11 is 0. The third kappa shape index (κ3) is 4.05. The first-order chi connectivity index (χ1) is 13.6. The summed E-state index contributed by atoms with van der Waals surface area (Å²) in [6.45, 7) is 4.84. The lowest BCUT2D eigenvalue weighted by atomic mass is 10.0. The topological polar surface area (TPSA) is 84.9 Å². The van der Waals surface area contributed by atoms with Crippen molar-refractivity contribution in [2.24, 2.45) is 5.73 Å². The molecule has 0 unspecified atom stereocenters. The van der Waals surface area contributed by atoms with Gasteiger partial charge in [-0.3, -0.25) is 4.68 Å². The Morgan fingerprint density at radius 3 is 2.79 bits per heavy atom. The fraction of sp³-hybridized carbons (Fsp3) is 0.381. The third-order valence-corrected chi connectivity index (χ3v) is 5.43. The van der Waals surface area contributed by atoms with Crippen LogP contribution < -0.4 is 11.1 Å². The first kappa shape index (κ1) is 18.6. The molecule has 146 valence electrons. The summed E-state index contributed by atoms with van der Waals surface area (Å²) in [7, 11) is 2.17. The Bertz CT molecular complexity index is 941. The number of aryl methyl sites for hydroxylation is 1. The van der Waals surface area contributed by atoms with E-state index in [4.69, 9.17) is 5.73 Å². The van der Waals surface area contributed by atoms with Crippen molar-refractivity contribution in [3.05, 3.63) is 54.0 Å². The molecule has 0 bridgehead atoms. The molecule has 3 heterocycles. The lowest BCUT2D eigenvalue weighted by molar-refractivity contribution is 0.212. The Kier molecular flexibility index (Phi) is 5.36. The minimum Gasteiger partial charge on any atom is -0.326 e. The van der Waals surface area contributed by atoms with Gasteiger partial charge in [0.1, 0.15) is 0 Å². The number of benzene rings is 1. The monoisotopic (exact) mass is 377 g/mol. The van der Waals surface area contributed by atoms with Gasteiger partial charge in [-0.15, -0.1) is 0 Å². The van der Waals surface area contributed by atoms with Crippen molar-refractivity contribution in [2.45, 2.75) is 32.4 Å². The number of nitrogens with one attached hydrogen (secondary N) is 1. The Labute approximate surface area is 165 Å². The average molecular weight is 377 g/mol. The molecule has 1 aliphatic heterocycles. The number of piperidine rings is 1. The number of hydrogen-bond acceptors (Lipinski definition) is 6. The summed E-state index contributed by atoms with van der Waals surface area (Å²) in [5.74, 6) is 0.570. The molecule has 2 aromatic heterocycles. The van der Waals surface area contributed by atoms with Gasteiger partial charge in [0.15, 0.2) is 0 Å². The Hall–Kier alpha value is -2.77. The van der Waals surface area contributed by atoms with Gasteiger partial charge >= 0.3 is 0 Å². The van der Waals surface area contributed by atoms with Gasteiger partial charge in [-0.2, -0.15) is 5.10 Å². The zero-order valence-corrected chi connectivity index (χ0v) is 16.5. The molecular formula is C21H27N7. The standard InChI is InChI=1S/C21H27N7/c1-15-11-16(3-4-17(15)12-22)20-5-8-23-21(26-20)25-18-13-24-28(14-18)19-6-9-27(2)10-7-19/h3-5,8,11,13-14,19H,6-7,9-10,12,22H2,1-2H3,(H,23,25,26). The molecule has 0 atom stereocenters. The third-order valence-electron chi connectivity index (χ3n) is 5.43. The minimum absolute atomic E-state index is 0.461. The van der Waals surface area contributed by atoms with Crippen LogP contribution in [0.25, 0.3) is 11.3 Å². The van der Waals surface area contributed by atoms with Crippen LogP contribution in [0.4, 0.5) is 11.6 Å². The van der Waals surface area contributed by atoms with Gasteiger partial charge in [0, 0.05) is 24.5 Å². The SMILES string of the molecule is Cc1cc(-c2ccnc(Nc3cnn(C4CCN(C)CC4)c3)n2)ccc1CN. The van der Waals surface area contributed by atoms with Crippen LogP contribution in [0, 0.1) is 6.92 Å². The molecule has 3 aromatic rings. The maximum absolute atomic E-state index is 5.77. The van der Waals surface area contributed by atoms with Crippen LogP contribution >= 0.6 is 0 Å². The van der Waals surface area contributed by atoms with Gasteiger partial charge < -0.3 is 16.0 Å². The van der Waals surface area contributed by atoms with Crippen molar-refractivity contribution in [2.75, 3.05) is 25.5 Å². The van der Waals surface area contributed by atoms with Gasteiger partial charge in [-0.1, -0.05) is 12.1 Å². The second-order valence-corrected chi connectivity index (χ2v) is 7.48. The van der Waals surface area contributed by atoms with E-state index in [0.29, 0.717) is 18.5 Å². The molecule has 4 rings (SSSR count). The van der Waals surface area contributed by atoms with Crippen LogP contribution in [0.2, 0.25) is 0 Å². The summed E-state index contributed by atoms with van der Waals surface area (Å²) in [4.78, 5) is 11.4. The van der Waals surface area contributed by atoms with Crippen LogP contribution in [-0.4, -0.2) is 44.8 Å². The molecule has 1 aromatic carbocycles. The molecule has 0 spiro atoms. The maximum Gasteiger partial charge on any atom is 0.227 e. The van der Waals surface area contributed by atoms with Gasteiger partial charge in [-0.05, 0) is 63.2 Å². The van der Waals surface area contributed by atoms with E-state index < -0.39 is 0 Å². The van der Waals surface area contributed by atoms with Crippen LogP contribution in [0.5, 0.6) is 0 Å². The van der Waals surface area contributed by atoms with E-state index in [-0.39, 0.29) is 0 Å². The van der Waals surface area contributed by atoms with Crippen molar-refractivity contribution >= 4 is 11.6 Å². The number of rotatable bonds is 5. The van der Waals surface area contributed by atoms with Crippen molar-refractivity contribution < 1.29 is 0 Å². The highest BCUT2D eigenvalue weighted by Gasteiger charge is 2.19. The molecule has 7 nitrogen and oxygen atoms in total. The van der Waals surface area contributed by atoms with Gasteiger partial charge in [-0.25, -0.2) is 9.97 Å². The molecule has 1 aliphatic rings. The zero-order chi connectivity index (χ0) is 19.5. The number of hydrogen-bond donors (Lipinski definition) is 2. The number of nitrogens with two attached hydrogens (primary N) is 1. The Balaban J connectivity index is 1.49. The Morgan fingerprint density at radius 1 is 1.21 bits per heavy atom. The van der Waals surface area contributed by atoms with Gasteiger partial charge in [0.2, 0.25) is 5.95 Å². The molecule has 28 heavy (non-hydrogen) atoms. The largest absolute Gasteiger partial charge is 0.326 e. The van der Waals surface area contributed by atoms with Gasteiger partial charge in [0.05, 0.1) is 23.6 Å². The highest BCUT2D eigenvalue weighted by atomic mass is 15.3. The quantitative estimate of drug-likeness (QED) is 0.711. The normalized spacial score (nSPS) is 15.7. The first-order valence-electron chi connectivity index (χ1n) is 9.75. The zero-order valence-electron chi connectivity index (χ0n) is 16.5. The van der Waals surface area contributed by atoms with E-state index in [0.717, 1.165) is 48.4 Å². The minimum atomic E-state index is 0.461. The smallest absolute Gasteiger partial charge is 0.227 e. The lowest BCUT2D eigenvalue weighted by Crippen LogP contribution is -2.31. The lowest BCUT2D eigenvalue weighted by Gasteiger charge is -2.28. The Morgan fingerprint density at radius 2 is 2.04 bits per heavy atom. The molecule has 0 aliphatic carbocycles. The van der Waals surface area contributed by atoms with Crippen molar-refractivity contribution in [3.8, 4) is 11.3 Å². The van der Waals surface area contributed by atoms with E-state index in [1.54, 1.807) is 6.20 Å². The van der Waals surface area contributed by atoms with E-state index in [9.17, 15) is 0 Å². The number of nitrogens with zero attached hydrogens (tertiary/aromatic N) is 5. The highest BCUT2D eigenvalue weighted by Crippen LogP contribution is 2.24. The second kappa shape index (κ2) is 8.08. The van der Waals surface area contributed by atoms with Crippen molar-refractivity contribution in [1.82, 2.24) is 24.6 Å². The van der Waals surface area contributed by atoms with E-state index in [1.165, 1.54) is 5.56 Å². The fourth-order valence-corrected chi connectivity index (χ4v) is 3.65. The number of anilines is 2. The molecular weight excluding hydrogens is 350 g/mol. The highest BCUT2D eigenvalue weighted by molar-refractivity contribution is 5.63. The summed E-state index contributed by atoms with van der Waals surface area (Å²) in [6.07, 6.45) is 7.92. The van der Waals surface area contributed by atoms with Crippen molar-refractivity contribution in [3.63, 3.8) is 0 Å². The molecule has 0 amide bonds. The van der Waals surface area contributed by atoms with Crippen LogP contribution in [-0.2, 0) is 6.54 Å². The molecule has 7 heteroatoms. The maximum atomic E-state index is 5.77. The first-order valence-corrected chi connectivity index (χ1v) is 9.75. The molecule has 3 N–H and O–H groups in total. The average Bonchev–Trinajstić information content (AvgIpc) is 3.17. The molecule has 0 radical (unpaired) electrons. The van der Waals surface area contributed by atoms with Gasteiger partial charge in [0.25, 0.3) is 0 Å². The van der Waals surface area contributed by atoms with Crippen LogP contribution in [0.1, 0.15) is 30.0 Å². The molecule has 1 saturated heterocycles. The summed E-state index contributed by atoms with van der Waals surface area (Å²) in [5.41, 5.74) is 10.9. The van der Waals surface area contributed by atoms with Crippen LogP contribution in [0.3, 0.4) is 0 Å². The fourth-order valence-electron chi connectivity index (χ4n) is 3.65. The van der Waals surface area contributed by atoms with E-state index in [2.05, 4.69) is 62.1 Å². The molecule has 1 fully saturated rings. The number of likely N-dealkylation sites (tertiary alicyclic amines) is 1. The predicted molar refractivity (Wildman–Crippen MR) is 111 cm³/mol. The molecule has 0 saturated carbocycles. The summed E-state index contributed by atoms with van der Waals surface area (Å²) in [5, 5.41) is 7.82. The predicted octanol–water partition coefficient (Wildman–Crippen LogP) is 3.12. The van der Waals surface area contributed by atoms with E-state index in [1.807, 2.05) is 18.5 Å². The van der Waals surface area contributed by atoms with Crippen LogP contribution in [0.15, 0.2) is 42.9 Å². The summed E-state index contributed by atoms with van der Waals surface area (Å²) in [6, 6.07) is 8.62.